The van der Waals surface area contributed by atoms with Crippen molar-refractivity contribution in [3.8, 4) is 0 Å². The van der Waals surface area contributed by atoms with E-state index in [0.717, 1.165) is 0 Å². The Kier molecular flexibility index (Phi) is 4.55. The lowest BCUT2D eigenvalue weighted by molar-refractivity contribution is -0.157. The van der Waals surface area contributed by atoms with Gasteiger partial charge in [-0.05, 0) is 13.8 Å². The average molecular weight is 215 g/mol. The number of carbonyl (C=O) groups excluding carboxylic acids is 2. The Hall–Kier alpha value is -1.10. The summed E-state index contributed by atoms with van der Waals surface area (Å²) >= 11 is 0. The van der Waals surface area contributed by atoms with Crippen molar-refractivity contribution in [2.75, 3.05) is 26.3 Å². The smallest absolute Gasteiger partial charge is 0.311 e. The van der Waals surface area contributed by atoms with E-state index in [1.165, 1.54) is 0 Å². The molecule has 1 saturated heterocycles. The van der Waals surface area contributed by atoms with Crippen LogP contribution in [0.3, 0.4) is 0 Å². The van der Waals surface area contributed by atoms with Gasteiger partial charge >= 0.3 is 11.9 Å². The maximum absolute atomic E-state index is 11.5. The monoisotopic (exact) mass is 215 g/mol. The zero-order valence-electron chi connectivity index (χ0n) is 9.12. The molecule has 2 atom stereocenters. The summed E-state index contributed by atoms with van der Waals surface area (Å²) in [5.41, 5.74) is 0. The highest BCUT2D eigenvalue weighted by Crippen LogP contribution is 2.19. The first-order chi connectivity index (χ1) is 7.20. The van der Waals surface area contributed by atoms with E-state index >= 15 is 0 Å². The molecule has 1 heterocycles. The minimum Gasteiger partial charge on any atom is -0.466 e. The standard InChI is InChI=1S/C10H17NO4/c1-3-14-9(12)7-5-11-6-8(7)10(13)15-4-2/h7-8,11H,3-6H2,1-2H3/t7-,8+. The van der Waals surface area contributed by atoms with Gasteiger partial charge < -0.3 is 14.8 Å². The zero-order chi connectivity index (χ0) is 11.3. The second kappa shape index (κ2) is 5.70. The van der Waals surface area contributed by atoms with Gasteiger partial charge in [-0.3, -0.25) is 9.59 Å². The van der Waals surface area contributed by atoms with Gasteiger partial charge in [0.25, 0.3) is 0 Å². The largest absolute Gasteiger partial charge is 0.466 e. The number of ether oxygens (including phenoxy) is 2. The highest BCUT2D eigenvalue weighted by atomic mass is 16.5. The number of nitrogens with one attached hydrogen (secondary N) is 1. The summed E-state index contributed by atoms with van der Waals surface area (Å²) in [5.74, 6) is -1.44. The molecule has 0 radical (unpaired) electrons. The fourth-order valence-electron chi connectivity index (χ4n) is 1.67. The molecule has 1 rings (SSSR count). The summed E-state index contributed by atoms with van der Waals surface area (Å²) < 4.78 is 9.80. The Morgan fingerprint density at radius 1 is 1.07 bits per heavy atom. The maximum atomic E-state index is 11.5. The second-order valence-electron chi connectivity index (χ2n) is 3.38. The molecule has 1 aliphatic heterocycles. The van der Waals surface area contributed by atoms with Crippen LogP contribution in [0.4, 0.5) is 0 Å². The SMILES string of the molecule is CCOC(=O)[C@H]1CNC[C@H]1C(=O)OCC. The van der Waals surface area contributed by atoms with E-state index in [4.69, 9.17) is 9.47 Å². The minimum atomic E-state index is -0.399. The van der Waals surface area contributed by atoms with Gasteiger partial charge in [-0.1, -0.05) is 0 Å². The number of esters is 2. The first kappa shape index (κ1) is 12.0. The molecule has 0 saturated carbocycles. The van der Waals surface area contributed by atoms with Crippen molar-refractivity contribution in [1.29, 1.82) is 0 Å². The molecule has 0 aromatic rings. The number of carbonyl (C=O) groups is 2. The van der Waals surface area contributed by atoms with Crippen molar-refractivity contribution in [2.45, 2.75) is 13.8 Å². The van der Waals surface area contributed by atoms with Gasteiger partial charge in [0.15, 0.2) is 0 Å². The molecule has 15 heavy (non-hydrogen) atoms. The Morgan fingerprint density at radius 3 is 1.80 bits per heavy atom. The average Bonchev–Trinajstić information content (AvgIpc) is 2.66. The van der Waals surface area contributed by atoms with Crippen molar-refractivity contribution in [1.82, 2.24) is 5.32 Å². The lowest BCUT2D eigenvalue weighted by atomic mass is 9.96. The zero-order valence-corrected chi connectivity index (χ0v) is 9.12. The second-order valence-corrected chi connectivity index (χ2v) is 3.38. The van der Waals surface area contributed by atoms with Crippen LogP contribution in [0, 0.1) is 11.8 Å². The van der Waals surface area contributed by atoms with Crippen LogP contribution in [0.1, 0.15) is 13.8 Å². The molecular formula is C10H17NO4. The molecule has 0 amide bonds. The third-order valence-corrected chi connectivity index (χ3v) is 2.39. The van der Waals surface area contributed by atoms with Gasteiger partial charge in [-0.25, -0.2) is 0 Å². The molecule has 1 fully saturated rings. The maximum Gasteiger partial charge on any atom is 0.311 e. The van der Waals surface area contributed by atoms with E-state index in [0.29, 0.717) is 26.3 Å². The third kappa shape index (κ3) is 2.92. The summed E-state index contributed by atoms with van der Waals surface area (Å²) in [6.07, 6.45) is 0. The molecule has 5 heteroatoms. The van der Waals surface area contributed by atoms with E-state index in [9.17, 15) is 9.59 Å². The van der Waals surface area contributed by atoms with E-state index < -0.39 is 11.8 Å². The van der Waals surface area contributed by atoms with Crippen LogP contribution in [-0.2, 0) is 19.1 Å². The van der Waals surface area contributed by atoms with Gasteiger partial charge in [-0.15, -0.1) is 0 Å². The van der Waals surface area contributed by atoms with Gasteiger partial charge in [0.05, 0.1) is 25.0 Å². The van der Waals surface area contributed by atoms with Gasteiger partial charge in [0, 0.05) is 13.1 Å². The van der Waals surface area contributed by atoms with Crippen LogP contribution in [0.25, 0.3) is 0 Å². The molecule has 0 aromatic carbocycles. The molecule has 0 spiro atoms. The minimum absolute atomic E-state index is 0.319. The fraction of sp³-hybridized carbons (Fsp3) is 0.800. The number of hydrogen-bond acceptors (Lipinski definition) is 5. The molecule has 0 unspecified atom stereocenters. The molecule has 0 aliphatic carbocycles. The van der Waals surface area contributed by atoms with Crippen LogP contribution in [0.2, 0.25) is 0 Å². The summed E-state index contributed by atoms with van der Waals surface area (Å²) in [4.78, 5) is 23.0. The van der Waals surface area contributed by atoms with Gasteiger partial charge in [-0.2, -0.15) is 0 Å². The van der Waals surface area contributed by atoms with E-state index in [1.807, 2.05) is 0 Å². The molecule has 1 N–H and O–H groups in total. The van der Waals surface area contributed by atoms with Crippen molar-refractivity contribution < 1.29 is 19.1 Å². The molecule has 0 bridgehead atoms. The Bertz CT molecular complexity index is 218. The summed E-state index contributed by atoms with van der Waals surface area (Å²) in [7, 11) is 0. The van der Waals surface area contributed by atoms with E-state index in [1.54, 1.807) is 13.8 Å². The van der Waals surface area contributed by atoms with Crippen LogP contribution in [-0.4, -0.2) is 38.2 Å². The van der Waals surface area contributed by atoms with E-state index in [-0.39, 0.29) is 11.9 Å². The van der Waals surface area contributed by atoms with Crippen LogP contribution < -0.4 is 5.32 Å². The summed E-state index contributed by atoms with van der Waals surface area (Å²) in [5, 5.41) is 3.00. The summed E-state index contributed by atoms with van der Waals surface area (Å²) in [6.45, 7) is 5.15. The van der Waals surface area contributed by atoms with Gasteiger partial charge in [0.1, 0.15) is 0 Å². The Balaban J connectivity index is 2.56. The molecule has 0 aromatic heterocycles. The van der Waals surface area contributed by atoms with Crippen LogP contribution in [0.15, 0.2) is 0 Å². The predicted molar refractivity (Wildman–Crippen MR) is 53.1 cm³/mol. The molecule has 5 nitrogen and oxygen atoms in total. The molecule has 86 valence electrons. The number of rotatable bonds is 4. The Morgan fingerprint density at radius 2 is 1.47 bits per heavy atom. The van der Waals surface area contributed by atoms with Crippen LogP contribution in [0.5, 0.6) is 0 Å². The fourth-order valence-corrected chi connectivity index (χ4v) is 1.67. The van der Waals surface area contributed by atoms with Crippen molar-refractivity contribution in [3.05, 3.63) is 0 Å². The normalized spacial score (nSPS) is 24.9. The van der Waals surface area contributed by atoms with Crippen molar-refractivity contribution in [3.63, 3.8) is 0 Å². The summed E-state index contributed by atoms with van der Waals surface area (Å²) in [6, 6.07) is 0. The Labute approximate surface area is 89.1 Å². The lowest BCUT2D eigenvalue weighted by Gasteiger charge is -2.15. The highest BCUT2D eigenvalue weighted by molar-refractivity contribution is 5.83. The molecular weight excluding hydrogens is 198 g/mol. The van der Waals surface area contributed by atoms with Crippen molar-refractivity contribution >= 4 is 11.9 Å². The quantitative estimate of drug-likeness (QED) is 0.666. The first-order valence-electron chi connectivity index (χ1n) is 5.24. The predicted octanol–water partition coefficient (Wildman–Crippen LogP) is -0.0518. The lowest BCUT2D eigenvalue weighted by Crippen LogP contribution is -2.31. The highest BCUT2D eigenvalue weighted by Gasteiger charge is 2.39. The first-order valence-corrected chi connectivity index (χ1v) is 5.24. The van der Waals surface area contributed by atoms with Crippen LogP contribution >= 0.6 is 0 Å². The van der Waals surface area contributed by atoms with Gasteiger partial charge in [0.2, 0.25) is 0 Å². The number of hydrogen-bond donors (Lipinski definition) is 1. The van der Waals surface area contributed by atoms with E-state index in [2.05, 4.69) is 5.32 Å². The topological polar surface area (TPSA) is 64.6 Å². The van der Waals surface area contributed by atoms with Crippen molar-refractivity contribution in [2.24, 2.45) is 11.8 Å². The third-order valence-electron chi connectivity index (χ3n) is 2.39. The molecule has 1 aliphatic rings.